The summed E-state index contributed by atoms with van der Waals surface area (Å²) < 4.78 is 17.4. The van der Waals surface area contributed by atoms with E-state index in [1.54, 1.807) is 0 Å². The number of ether oxygens (including phenoxy) is 3. The lowest BCUT2D eigenvalue weighted by molar-refractivity contribution is -0.191. The Balaban J connectivity index is 1.40. The molecule has 4 fully saturated rings. The molecule has 4 saturated heterocycles. The molecule has 0 saturated carbocycles. The van der Waals surface area contributed by atoms with Crippen LogP contribution in [-0.2, 0) is 28.6 Å². The Kier molecular flexibility index (Phi) is 11.3. The minimum absolute atomic E-state index is 0.127. The molecule has 210 valence electrons. The maximum Gasteiger partial charge on any atom is 0.320 e. The number of carbonyl (C=O) groups excluding carboxylic acids is 3. The number of likely N-dealkylation sites (tertiary alicyclic amines) is 3. The maximum absolute atomic E-state index is 12.9. The van der Waals surface area contributed by atoms with Gasteiger partial charge in [-0.2, -0.15) is 0 Å². The maximum atomic E-state index is 12.9. The standard InChI is InChI=1S/C26H43N3O7S/c30-21(16-27-10-4-1-5-11-27)34-20-19-37-26(33)25(36-23(32)18-29-14-8-3-9-15-29)24(20)35-22(31)17-28-12-6-2-7-13-28/h20,24-26,33H,1-19H2/t20-,24+,25-,26-/m1/s1. The first-order chi connectivity index (χ1) is 18.0. The number of thioether (sulfide) groups is 1. The van der Waals surface area contributed by atoms with Gasteiger partial charge in [0.15, 0.2) is 18.3 Å². The first-order valence-corrected chi connectivity index (χ1v) is 15.1. The average Bonchev–Trinajstić information content (AvgIpc) is 2.89. The molecule has 10 nitrogen and oxygen atoms in total. The minimum atomic E-state index is -1.10. The lowest BCUT2D eigenvalue weighted by atomic mass is 10.1. The van der Waals surface area contributed by atoms with E-state index in [4.69, 9.17) is 14.2 Å². The molecule has 0 aliphatic carbocycles. The topological polar surface area (TPSA) is 109 Å². The van der Waals surface area contributed by atoms with Gasteiger partial charge in [-0.25, -0.2) is 0 Å². The van der Waals surface area contributed by atoms with Gasteiger partial charge in [-0.05, 0) is 77.8 Å². The second kappa shape index (κ2) is 14.7. The molecule has 0 aromatic carbocycles. The van der Waals surface area contributed by atoms with Crippen LogP contribution in [0.4, 0.5) is 0 Å². The highest BCUT2D eigenvalue weighted by Gasteiger charge is 2.47. The third kappa shape index (κ3) is 9.09. The van der Waals surface area contributed by atoms with Crippen molar-refractivity contribution in [3.8, 4) is 0 Å². The molecule has 0 amide bonds. The molecule has 4 heterocycles. The largest absolute Gasteiger partial charge is 0.456 e. The lowest BCUT2D eigenvalue weighted by Gasteiger charge is -2.39. The summed E-state index contributed by atoms with van der Waals surface area (Å²) in [4.78, 5) is 44.7. The number of nitrogens with zero attached hydrogens (tertiary/aromatic N) is 3. The van der Waals surface area contributed by atoms with Crippen LogP contribution in [0.2, 0.25) is 0 Å². The zero-order valence-electron chi connectivity index (χ0n) is 21.9. The Morgan fingerprint density at radius 3 is 1.41 bits per heavy atom. The smallest absolute Gasteiger partial charge is 0.320 e. The highest BCUT2D eigenvalue weighted by molar-refractivity contribution is 7.99. The van der Waals surface area contributed by atoms with Crippen LogP contribution in [-0.4, -0.2) is 126 Å². The van der Waals surface area contributed by atoms with Gasteiger partial charge in [0.1, 0.15) is 5.44 Å². The van der Waals surface area contributed by atoms with Gasteiger partial charge in [-0.3, -0.25) is 29.1 Å². The van der Waals surface area contributed by atoms with Crippen LogP contribution < -0.4 is 0 Å². The van der Waals surface area contributed by atoms with Gasteiger partial charge in [-0.15, -0.1) is 11.8 Å². The Morgan fingerprint density at radius 1 is 0.595 bits per heavy atom. The van der Waals surface area contributed by atoms with Crippen LogP contribution in [0, 0.1) is 0 Å². The van der Waals surface area contributed by atoms with Crippen molar-refractivity contribution in [2.24, 2.45) is 0 Å². The van der Waals surface area contributed by atoms with Gasteiger partial charge in [-0.1, -0.05) is 19.3 Å². The fraction of sp³-hybridized carbons (Fsp3) is 0.885. The number of carbonyl (C=O) groups is 3. The van der Waals surface area contributed by atoms with Crippen molar-refractivity contribution in [3.63, 3.8) is 0 Å². The molecule has 4 aliphatic rings. The minimum Gasteiger partial charge on any atom is -0.456 e. The van der Waals surface area contributed by atoms with Crippen LogP contribution >= 0.6 is 11.8 Å². The molecule has 0 unspecified atom stereocenters. The number of aliphatic hydroxyl groups is 1. The summed E-state index contributed by atoms with van der Waals surface area (Å²) >= 11 is 1.15. The predicted octanol–water partition coefficient (Wildman–Crippen LogP) is 1.24. The average molecular weight is 542 g/mol. The van der Waals surface area contributed by atoms with Crippen LogP contribution in [0.3, 0.4) is 0 Å². The van der Waals surface area contributed by atoms with Crippen molar-refractivity contribution in [1.29, 1.82) is 0 Å². The first kappa shape index (κ1) is 28.6. The van der Waals surface area contributed by atoms with E-state index in [1.807, 2.05) is 4.90 Å². The zero-order chi connectivity index (χ0) is 26.0. The number of rotatable bonds is 9. The first-order valence-electron chi connectivity index (χ1n) is 14.0. The number of piperidine rings is 3. The quantitative estimate of drug-likeness (QED) is 0.336. The van der Waals surface area contributed by atoms with E-state index in [2.05, 4.69) is 9.80 Å². The number of hydrogen-bond acceptors (Lipinski definition) is 11. The summed E-state index contributed by atoms with van der Waals surface area (Å²) in [5.41, 5.74) is -1.07. The highest BCUT2D eigenvalue weighted by Crippen LogP contribution is 2.31. The van der Waals surface area contributed by atoms with E-state index in [1.165, 1.54) is 6.42 Å². The summed E-state index contributed by atoms with van der Waals surface area (Å²) in [7, 11) is 0. The molecule has 1 N–H and O–H groups in total. The van der Waals surface area contributed by atoms with Gasteiger partial charge in [0.25, 0.3) is 0 Å². The molecule has 0 spiro atoms. The van der Waals surface area contributed by atoms with Gasteiger partial charge < -0.3 is 19.3 Å². The summed E-state index contributed by atoms with van der Waals surface area (Å²) in [5, 5.41) is 10.8. The Hall–Kier alpha value is -1.40. The van der Waals surface area contributed by atoms with Gasteiger partial charge in [0.05, 0.1) is 19.6 Å². The second-order valence-corrected chi connectivity index (χ2v) is 11.8. The van der Waals surface area contributed by atoms with Gasteiger partial charge in [0, 0.05) is 5.75 Å². The molecule has 37 heavy (non-hydrogen) atoms. The van der Waals surface area contributed by atoms with Crippen molar-refractivity contribution in [3.05, 3.63) is 0 Å². The summed E-state index contributed by atoms with van der Waals surface area (Å²) in [6, 6.07) is 0. The Bertz CT molecular complexity index is 754. The van der Waals surface area contributed by atoms with E-state index in [9.17, 15) is 19.5 Å². The van der Waals surface area contributed by atoms with Crippen LogP contribution in [0.25, 0.3) is 0 Å². The fourth-order valence-electron chi connectivity index (χ4n) is 5.61. The third-order valence-corrected chi connectivity index (χ3v) is 8.76. The van der Waals surface area contributed by atoms with Crippen LogP contribution in [0.5, 0.6) is 0 Å². The lowest BCUT2D eigenvalue weighted by Crippen LogP contribution is -2.56. The molecular formula is C26H43N3O7S. The molecule has 0 radical (unpaired) electrons. The van der Waals surface area contributed by atoms with E-state index in [0.29, 0.717) is 0 Å². The molecule has 0 aromatic rings. The third-order valence-electron chi connectivity index (χ3n) is 7.62. The SMILES string of the molecule is O=C(CN1CCCCC1)O[C@@H]1[C@@H](OC(=O)CN2CCCCC2)[C@H](OC(=O)CN2CCCCC2)CS[C@H]1O. The number of aliphatic hydroxyl groups excluding tert-OH is 1. The summed E-state index contributed by atoms with van der Waals surface area (Å²) in [6.45, 7) is 5.49. The predicted molar refractivity (Wildman–Crippen MR) is 139 cm³/mol. The van der Waals surface area contributed by atoms with E-state index < -0.39 is 35.7 Å². The molecule has 0 aromatic heterocycles. The normalized spacial score (nSPS) is 30.4. The number of hydrogen-bond donors (Lipinski definition) is 1. The monoisotopic (exact) mass is 541 g/mol. The Morgan fingerprint density at radius 2 is 0.973 bits per heavy atom. The van der Waals surface area contributed by atoms with Crippen molar-refractivity contribution >= 4 is 29.7 Å². The van der Waals surface area contributed by atoms with Gasteiger partial charge >= 0.3 is 17.9 Å². The van der Waals surface area contributed by atoms with E-state index in [-0.39, 0.29) is 31.4 Å². The van der Waals surface area contributed by atoms with Crippen molar-refractivity contribution in [2.45, 2.75) is 81.5 Å². The summed E-state index contributed by atoms with van der Waals surface area (Å²) in [5.74, 6) is -1.06. The Labute approximate surface area is 224 Å². The van der Waals surface area contributed by atoms with Crippen molar-refractivity contribution in [2.75, 3.05) is 64.7 Å². The summed E-state index contributed by atoms with van der Waals surface area (Å²) in [6.07, 6.45) is 6.81. The molecule has 4 rings (SSSR count). The molecule has 0 bridgehead atoms. The van der Waals surface area contributed by atoms with Crippen molar-refractivity contribution < 1.29 is 33.7 Å². The molecule has 4 atom stereocenters. The highest BCUT2D eigenvalue weighted by atomic mass is 32.2. The zero-order valence-corrected chi connectivity index (χ0v) is 22.7. The van der Waals surface area contributed by atoms with Crippen molar-refractivity contribution in [1.82, 2.24) is 14.7 Å². The second-order valence-electron chi connectivity index (χ2n) is 10.7. The fourth-order valence-corrected chi connectivity index (χ4v) is 6.66. The number of esters is 3. The molecule has 11 heteroatoms. The van der Waals surface area contributed by atoms with Gasteiger partial charge in [0.2, 0.25) is 0 Å². The molecular weight excluding hydrogens is 498 g/mol. The van der Waals surface area contributed by atoms with Crippen LogP contribution in [0.1, 0.15) is 57.8 Å². The van der Waals surface area contributed by atoms with E-state index >= 15 is 0 Å². The molecule has 4 aliphatic heterocycles. The van der Waals surface area contributed by atoms with Crippen LogP contribution in [0.15, 0.2) is 0 Å². The van der Waals surface area contributed by atoms with E-state index in [0.717, 1.165) is 102 Å².